The van der Waals surface area contributed by atoms with Crippen molar-refractivity contribution in [2.24, 2.45) is 5.92 Å². The predicted octanol–water partition coefficient (Wildman–Crippen LogP) is 3.48. The van der Waals surface area contributed by atoms with Gasteiger partial charge in [-0.1, -0.05) is 29.8 Å². The fraction of sp³-hybridized carbons (Fsp3) is 0.474. The Bertz CT molecular complexity index is 713. The van der Waals surface area contributed by atoms with Crippen molar-refractivity contribution in [1.82, 2.24) is 9.88 Å². The summed E-state index contributed by atoms with van der Waals surface area (Å²) >= 11 is 1.52. The molecule has 0 N–H and O–H groups in total. The van der Waals surface area contributed by atoms with Crippen LogP contribution in [0.1, 0.15) is 33.0 Å². The zero-order valence-corrected chi connectivity index (χ0v) is 15.3. The molecule has 2 heterocycles. The summed E-state index contributed by atoms with van der Waals surface area (Å²) in [6, 6.07) is 8.58. The molecule has 1 fully saturated rings. The summed E-state index contributed by atoms with van der Waals surface area (Å²) in [4.78, 5) is 19.0. The van der Waals surface area contributed by atoms with E-state index in [2.05, 4.69) is 36.2 Å². The van der Waals surface area contributed by atoms with Crippen LogP contribution in [0.5, 0.6) is 0 Å². The lowest BCUT2D eigenvalue weighted by molar-refractivity contribution is -0.00315. The van der Waals surface area contributed by atoms with Crippen LogP contribution in [-0.2, 0) is 11.2 Å². The number of benzene rings is 1. The van der Waals surface area contributed by atoms with Gasteiger partial charge in [0.25, 0.3) is 5.91 Å². The number of methoxy groups -OCH3 is 1. The Balaban J connectivity index is 1.73. The van der Waals surface area contributed by atoms with E-state index in [-0.39, 0.29) is 12.0 Å². The number of amides is 1. The Kier molecular flexibility index (Phi) is 5.31. The summed E-state index contributed by atoms with van der Waals surface area (Å²) in [6.07, 6.45) is 2.01. The average molecular weight is 344 g/mol. The molecule has 1 aromatic carbocycles. The summed E-state index contributed by atoms with van der Waals surface area (Å²) in [5, 5.41) is 2.79. The van der Waals surface area contributed by atoms with Gasteiger partial charge in [-0.15, -0.1) is 11.3 Å². The van der Waals surface area contributed by atoms with Gasteiger partial charge in [-0.3, -0.25) is 4.79 Å². The van der Waals surface area contributed by atoms with Gasteiger partial charge in [0.15, 0.2) is 0 Å². The number of likely N-dealkylation sites (tertiary alicyclic amines) is 1. The molecule has 0 bridgehead atoms. The number of piperidine rings is 1. The molecule has 0 radical (unpaired) electrons. The Labute approximate surface area is 147 Å². The smallest absolute Gasteiger partial charge is 0.273 e. The van der Waals surface area contributed by atoms with Gasteiger partial charge in [-0.25, -0.2) is 4.98 Å². The van der Waals surface area contributed by atoms with Crippen molar-refractivity contribution >= 4 is 17.2 Å². The molecule has 0 aliphatic carbocycles. The van der Waals surface area contributed by atoms with Gasteiger partial charge in [0.05, 0.1) is 11.1 Å². The number of ether oxygens (including phenoxy) is 1. The third-order valence-electron chi connectivity index (χ3n) is 4.67. The zero-order chi connectivity index (χ0) is 17.1. The lowest BCUT2D eigenvalue weighted by atomic mass is 9.88. The fourth-order valence-corrected chi connectivity index (χ4v) is 4.05. The number of aryl methyl sites for hydroxylation is 2. The van der Waals surface area contributed by atoms with Crippen LogP contribution in [-0.4, -0.2) is 42.1 Å². The number of thiazole rings is 1. The van der Waals surface area contributed by atoms with Crippen molar-refractivity contribution in [3.63, 3.8) is 0 Å². The summed E-state index contributed by atoms with van der Waals surface area (Å²) in [5.41, 5.74) is 3.15. The molecule has 0 saturated carbocycles. The molecule has 4 nitrogen and oxygen atoms in total. The number of aromatic nitrogens is 1. The molecule has 0 unspecified atom stereocenters. The minimum Gasteiger partial charge on any atom is -0.381 e. The summed E-state index contributed by atoms with van der Waals surface area (Å²) in [7, 11) is 1.77. The highest BCUT2D eigenvalue weighted by atomic mass is 32.1. The monoisotopic (exact) mass is 344 g/mol. The first kappa shape index (κ1) is 17.1. The highest BCUT2D eigenvalue weighted by Crippen LogP contribution is 2.25. The van der Waals surface area contributed by atoms with Gasteiger partial charge in [0.2, 0.25) is 0 Å². The molecule has 1 aromatic heterocycles. The minimum atomic E-state index is 0.0446. The first-order valence-electron chi connectivity index (χ1n) is 8.36. The van der Waals surface area contributed by atoms with Crippen LogP contribution in [0.25, 0.3) is 0 Å². The minimum absolute atomic E-state index is 0.0446. The van der Waals surface area contributed by atoms with Crippen LogP contribution >= 0.6 is 11.3 Å². The van der Waals surface area contributed by atoms with Gasteiger partial charge in [0, 0.05) is 31.5 Å². The molecular weight excluding hydrogens is 320 g/mol. The standard InChI is InChI=1S/C19H24N2O2S/c1-13-5-4-6-15(9-13)10-16-11-21(8-7-18(16)23-3)19(22)17-12-24-14(2)20-17/h4-6,9,12,16,18H,7-8,10-11H2,1-3H3/t16-,18-/m0/s1. The van der Waals surface area contributed by atoms with Crippen molar-refractivity contribution in [3.8, 4) is 0 Å². The van der Waals surface area contributed by atoms with Crippen LogP contribution in [0.2, 0.25) is 0 Å². The van der Waals surface area contributed by atoms with E-state index in [1.165, 1.54) is 22.5 Å². The molecule has 3 rings (SSSR count). The van der Waals surface area contributed by atoms with E-state index in [0.717, 1.165) is 30.9 Å². The van der Waals surface area contributed by atoms with E-state index in [1.807, 2.05) is 17.2 Å². The molecule has 1 aliphatic heterocycles. The van der Waals surface area contributed by atoms with Crippen molar-refractivity contribution < 1.29 is 9.53 Å². The molecular formula is C19H24N2O2S. The maximum atomic E-state index is 12.7. The van der Waals surface area contributed by atoms with E-state index in [9.17, 15) is 4.79 Å². The predicted molar refractivity (Wildman–Crippen MR) is 96.5 cm³/mol. The SMILES string of the molecule is CO[C@H]1CCN(C(=O)c2csc(C)n2)C[C@@H]1Cc1cccc(C)c1. The molecule has 5 heteroatoms. The van der Waals surface area contributed by atoms with Crippen LogP contribution in [0.15, 0.2) is 29.6 Å². The van der Waals surface area contributed by atoms with E-state index in [1.54, 1.807) is 7.11 Å². The quantitative estimate of drug-likeness (QED) is 0.853. The van der Waals surface area contributed by atoms with Gasteiger partial charge < -0.3 is 9.64 Å². The summed E-state index contributed by atoms with van der Waals surface area (Å²) < 4.78 is 5.69. The second kappa shape index (κ2) is 7.45. The van der Waals surface area contributed by atoms with Crippen LogP contribution in [0.3, 0.4) is 0 Å². The normalized spacial score (nSPS) is 21.0. The van der Waals surface area contributed by atoms with Crippen molar-refractivity contribution in [1.29, 1.82) is 0 Å². The second-order valence-electron chi connectivity index (χ2n) is 6.52. The van der Waals surface area contributed by atoms with Gasteiger partial charge in [-0.2, -0.15) is 0 Å². The summed E-state index contributed by atoms with van der Waals surface area (Å²) in [6.45, 7) is 5.50. The number of hydrogen-bond acceptors (Lipinski definition) is 4. The number of nitrogens with zero attached hydrogens (tertiary/aromatic N) is 2. The van der Waals surface area contributed by atoms with Gasteiger partial charge >= 0.3 is 0 Å². The molecule has 2 aromatic rings. The number of hydrogen-bond donors (Lipinski definition) is 0. The summed E-state index contributed by atoms with van der Waals surface area (Å²) in [5.74, 6) is 0.359. The van der Waals surface area contributed by atoms with E-state index >= 15 is 0 Å². The Morgan fingerprint density at radius 1 is 1.42 bits per heavy atom. The fourth-order valence-electron chi connectivity index (χ4n) is 3.47. The van der Waals surface area contributed by atoms with Gasteiger partial charge in [0.1, 0.15) is 5.69 Å². The third-order valence-corrected chi connectivity index (χ3v) is 5.45. The topological polar surface area (TPSA) is 42.4 Å². The van der Waals surface area contributed by atoms with Crippen LogP contribution < -0.4 is 0 Å². The Morgan fingerprint density at radius 3 is 2.92 bits per heavy atom. The Morgan fingerprint density at radius 2 is 2.25 bits per heavy atom. The molecule has 1 aliphatic rings. The first-order chi connectivity index (χ1) is 11.6. The second-order valence-corrected chi connectivity index (χ2v) is 7.58. The first-order valence-corrected chi connectivity index (χ1v) is 9.24. The molecule has 24 heavy (non-hydrogen) atoms. The molecule has 1 saturated heterocycles. The van der Waals surface area contributed by atoms with Crippen molar-refractivity contribution in [3.05, 3.63) is 51.5 Å². The lowest BCUT2D eigenvalue weighted by Gasteiger charge is -2.37. The zero-order valence-electron chi connectivity index (χ0n) is 14.5. The van der Waals surface area contributed by atoms with Crippen molar-refractivity contribution in [2.45, 2.75) is 32.8 Å². The van der Waals surface area contributed by atoms with Crippen LogP contribution in [0, 0.1) is 19.8 Å². The molecule has 0 spiro atoms. The van der Waals surface area contributed by atoms with E-state index in [4.69, 9.17) is 4.74 Å². The average Bonchev–Trinajstić information content (AvgIpc) is 3.00. The van der Waals surface area contributed by atoms with Gasteiger partial charge in [-0.05, 0) is 32.3 Å². The van der Waals surface area contributed by atoms with Crippen LogP contribution in [0.4, 0.5) is 0 Å². The highest BCUT2D eigenvalue weighted by Gasteiger charge is 2.32. The number of rotatable bonds is 4. The molecule has 2 atom stereocenters. The number of carbonyl (C=O) groups is 1. The largest absolute Gasteiger partial charge is 0.381 e. The highest BCUT2D eigenvalue weighted by molar-refractivity contribution is 7.09. The third kappa shape index (κ3) is 3.84. The molecule has 128 valence electrons. The molecule has 1 amide bonds. The maximum absolute atomic E-state index is 12.7. The van der Waals surface area contributed by atoms with E-state index in [0.29, 0.717) is 11.6 Å². The van der Waals surface area contributed by atoms with E-state index < -0.39 is 0 Å². The maximum Gasteiger partial charge on any atom is 0.273 e. The number of carbonyl (C=O) groups excluding carboxylic acids is 1. The Hall–Kier alpha value is -1.72. The van der Waals surface area contributed by atoms with Crippen molar-refractivity contribution in [2.75, 3.05) is 20.2 Å². The lowest BCUT2D eigenvalue weighted by Crippen LogP contribution is -2.47.